The molecule has 0 spiro atoms. The third-order valence-electron chi connectivity index (χ3n) is 6.57. The number of imide groups is 1. The summed E-state index contributed by atoms with van der Waals surface area (Å²) in [6, 6.07) is 6.54. The number of fused-ring (bicyclic) bond motifs is 1. The molecule has 2 aliphatic heterocycles. The lowest BCUT2D eigenvalue weighted by atomic mass is 9.96. The van der Waals surface area contributed by atoms with Gasteiger partial charge in [-0.25, -0.2) is 4.79 Å². The predicted molar refractivity (Wildman–Crippen MR) is 129 cm³/mol. The summed E-state index contributed by atoms with van der Waals surface area (Å²) < 4.78 is 45.1. The van der Waals surface area contributed by atoms with E-state index >= 15 is 0 Å². The number of esters is 1. The van der Waals surface area contributed by atoms with Gasteiger partial charge in [0.25, 0.3) is 5.91 Å². The zero-order chi connectivity index (χ0) is 28.2. The Kier molecular flexibility index (Phi) is 6.91. The Hall–Kier alpha value is -3.64. The number of nitrogens with zero attached hydrogens (tertiary/aromatic N) is 3. The van der Waals surface area contributed by atoms with Crippen molar-refractivity contribution in [2.75, 3.05) is 30.0 Å². The highest BCUT2D eigenvalue weighted by Crippen LogP contribution is 2.42. The first-order valence-electron chi connectivity index (χ1n) is 11.5. The Morgan fingerprint density at radius 1 is 1.21 bits per heavy atom. The SMILES string of the molecule is CCOC(=O)C1CN(c2ccc3c(c2)C(C)(O)C(=O)N3C)C(=O)N(Cc2cccc(C(F)(F)F)c2Cl)C1=O. The maximum Gasteiger partial charge on any atom is 0.417 e. The minimum atomic E-state index is -4.77. The minimum absolute atomic E-state index is 0.0494. The Morgan fingerprint density at radius 2 is 1.89 bits per heavy atom. The van der Waals surface area contributed by atoms with E-state index in [9.17, 15) is 37.5 Å². The Labute approximate surface area is 220 Å². The molecular weight excluding hydrogens is 531 g/mol. The molecule has 0 saturated carbocycles. The zero-order valence-electron chi connectivity index (χ0n) is 20.5. The first-order valence-corrected chi connectivity index (χ1v) is 11.9. The van der Waals surface area contributed by atoms with Crippen molar-refractivity contribution in [2.24, 2.45) is 5.92 Å². The van der Waals surface area contributed by atoms with Crippen LogP contribution in [0.5, 0.6) is 0 Å². The van der Waals surface area contributed by atoms with Crippen molar-refractivity contribution in [1.29, 1.82) is 0 Å². The van der Waals surface area contributed by atoms with Crippen LogP contribution in [0.2, 0.25) is 5.02 Å². The fraction of sp³-hybridized carbons (Fsp3) is 0.360. The number of anilines is 2. The Balaban J connectivity index is 1.76. The van der Waals surface area contributed by atoms with E-state index in [1.165, 1.54) is 50.1 Å². The van der Waals surface area contributed by atoms with Crippen molar-refractivity contribution < 1.29 is 42.2 Å². The molecule has 9 nitrogen and oxygen atoms in total. The molecular formula is C25H23ClF3N3O6. The first kappa shape index (κ1) is 27.4. The number of rotatable bonds is 5. The van der Waals surface area contributed by atoms with Gasteiger partial charge in [-0.2, -0.15) is 13.2 Å². The molecule has 2 unspecified atom stereocenters. The fourth-order valence-electron chi connectivity index (χ4n) is 4.56. The molecule has 1 fully saturated rings. The Morgan fingerprint density at radius 3 is 2.53 bits per heavy atom. The molecule has 4 amide bonds. The Bertz CT molecular complexity index is 1350. The van der Waals surface area contributed by atoms with Gasteiger partial charge < -0.3 is 14.7 Å². The van der Waals surface area contributed by atoms with Crippen molar-refractivity contribution in [1.82, 2.24) is 4.90 Å². The quantitative estimate of drug-likeness (QED) is 0.447. The van der Waals surface area contributed by atoms with Gasteiger partial charge in [-0.3, -0.25) is 24.2 Å². The number of hydrogen-bond acceptors (Lipinski definition) is 6. The lowest BCUT2D eigenvalue weighted by Crippen LogP contribution is -2.58. The van der Waals surface area contributed by atoms with Crippen LogP contribution in [-0.4, -0.2) is 54.0 Å². The van der Waals surface area contributed by atoms with Crippen molar-refractivity contribution in [2.45, 2.75) is 32.2 Å². The van der Waals surface area contributed by atoms with Crippen molar-refractivity contribution in [3.05, 3.63) is 58.1 Å². The lowest BCUT2D eigenvalue weighted by molar-refractivity contribution is -0.154. The van der Waals surface area contributed by atoms with Gasteiger partial charge in [0.15, 0.2) is 11.5 Å². The van der Waals surface area contributed by atoms with Crippen LogP contribution >= 0.6 is 11.6 Å². The molecule has 202 valence electrons. The standard InChI is InChI=1S/C25H23ClF3N3O6/c1-4-38-21(34)15-12-31(14-8-9-18-17(10-14)24(2,37)22(35)30(18)3)23(36)32(20(15)33)11-13-6-5-7-16(19(13)26)25(27,28)29/h5-10,15,37H,4,11-12H2,1-3H3. The van der Waals surface area contributed by atoms with Gasteiger partial charge in [0, 0.05) is 18.3 Å². The summed E-state index contributed by atoms with van der Waals surface area (Å²) in [5, 5.41) is 10.1. The highest BCUT2D eigenvalue weighted by Gasteiger charge is 2.47. The van der Waals surface area contributed by atoms with E-state index in [1.807, 2.05) is 0 Å². The number of ether oxygens (including phenoxy) is 1. The summed E-state index contributed by atoms with van der Waals surface area (Å²) in [5.41, 5.74) is -2.43. The number of amides is 4. The van der Waals surface area contributed by atoms with Crippen LogP contribution in [0.15, 0.2) is 36.4 Å². The van der Waals surface area contributed by atoms with Gasteiger partial charge in [-0.15, -0.1) is 0 Å². The van der Waals surface area contributed by atoms with E-state index < -0.39 is 65.2 Å². The van der Waals surface area contributed by atoms with Gasteiger partial charge >= 0.3 is 18.2 Å². The van der Waals surface area contributed by atoms with Crippen molar-refractivity contribution in [3.63, 3.8) is 0 Å². The number of hydrogen-bond donors (Lipinski definition) is 1. The monoisotopic (exact) mass is 553 g/mol. The average molecular weight is 554 g/mol. The first-order chi connectivity index (χ1) is 17.7. The molecule has 0 aliphatic carbocycles. The van der Waals surface area contributed by atoms with Gasteiger partial charge in [-0.1, -0.05) is 23.7 Å². The van der Waals surface area contributed by atoms with Gasteiger partial charge in [0.1, 0.15) is 0 Å². The smallest absolute Gasteiger partial charge is 0.417 e. The second-order valence-corrected chi connectivity index (χ2v) is 9.41. The number of alkyl halides is 3. The number of urea groups is 1. The maximum absolute atomic E-state index is 13.5. The maximum atomic E-state index is 13.5. The van der Waals surface area contributed by atoms with Gasteiger partial charge in [0.2, 0.25) is 5.91 Å². The summed E-state index contributed by atoms with van der Waals surface area (Å²) >= 11 is 5.99. The lowest BCUT2D eigenvalue weighted by Gasteiger charge is -2.38. The molecule has 0 radical (unpaired) electrons. The molecule has 2 aliphatic rings. The average Bonchev–Trinajstić information content (AvgIpc) is 3.01. The molecule has 13 heteroatoms. The minimum Gasteiger partial charge on any atom is -0.465 e. The molecule has 1 N–H and O–H groups in total. The summed E-state index contributed by atoms with van der Waals surface area (Å²) in [6.45, 7) is 1.72. The molecule has 0 aromatic heterocycles. The van der Waals surface area contributed by atoms with Crippen LogP contribution in [-0.2, 0) is 37.4 Å². The van der Waals surface area contributed by atoms with E-state index in [0.29, 0.717) is 10.6 Å². The van der Waals surface area contributed by atoms with Crippen LogP contribution in [0.3, 0.4) is 0 Å². The molecule has 4 rings (SSSR count). The van der Waals surface area contributed by atoms with E-state index in [4.69, 9.17) is 16.3 Å². The number of carbonyl (C=O) groups excluding carboxylic acids is 4. The van der Waals surface area contributed by atoms with Crippen LogP contribution in [0.1, 0.15) is 30.5 Å². The fourth-order valence-corrected chi connectivity index (χ4v) is 4.86. The van der Waals surface area contributed by atoms with Crippen LogP contribution in [0.4, 0.5) is 29.3 Å². The van der Waals surface area contributed by atoms with E-state index in [2.05, 4.69) is 0 Å². The van der Waals surface area contributed by atoms with Gasteiger partial charge in [0.05, 0.1) is 36.0 Å². The molecule has 2 atom stereocenters. The summed E-state index contributed by atoms with van der Waals surface area (Å²) in [6.07, 6.45) is -4.77. The largest absolute Gasteiger partial charge is 0.465 e. The van der Waals surface area contributed by atoms with Crippen LogP contribution in [0.25, 0.3) is 0 Å². The number of likely N-dealkylation sites (N-methyl/N-ethyl adjacent to an activating group) is 1. The summed E-state index contributed by atoms with van der Waals surface area (Å²) in [5.74, 6) is -3.94. The third-order valence-corrected chi connectivity index (χ3v) is 7.02. The molecule has 2 aromatic carbocycles. The number of benzene rings is 2. The highest BCUT2D eigenvalue weighted by atomic mass is 35.5. The number of halogens is 4. The predicted octanol–water partition coefficient (Wildman–Crippen LogP) is 3.69. The summed E-state index contributed by atoms with van der Waals surface area (Å²) in [4.78, 5) is 54.8. The van der Waals surface area contributed by atoms with E-state index in [-0.39, 0.29) is 23.4 Å². The molecule has 2 heterocycles. The molecule has 38 heavy (non-hydrogen) atoms. The van der Waals surface area contributed by atoms with E-state index in [1.54, 1.807) is 0 Å². The number of aliphatic hydroxyl groups is 1. The van der Waals surface area contributed by atoms with Gasteiger partial charge in [-0.05, 0) is 43.7 Å². The van der Waals surface area contributed by atoms with Crippen LogP contribution < -0.4 is 9.80 Å². The normalized spacial score (nSPS) is 21.7. The summed E-state index contributed by atoms with van der Waals surface area (Å²) in [7, 11) is 1.48. The second kappa shape index (κ2) is 9.59. The third kappa shape index (κ3) is 4.47. The molecule has 0 bridgehead atoms. The number of carbonyl (C=O) groups is 4. The molecule has 1 saturated heterocycles. The zero-order valence-corrected chi connectivity index (χ0v) is 21.3. The second-order valence-electron chi connectivity index (χ2n) is 9.04. The van der Waals surface area contributed by atoms with Crippen molar-refractivity contribution >= 4 is 46.8 Å². The molecule has 2 aromatic rings. The van der Waals surface area contributed by atoms with E-state index in [0.717, 1.165) is 17.0 Å². The highest BCUT2D eigenvalue weighted by molar-refractivity contribution is 6.32. The van der Waals surface area contributed by atoms with Crippen molar-refractivity contribution in [3.8, 4) is 0 Å². The topological polar surface area (TPSA) is 107 Å². The van der Waals surface area contributed by atoms with Crippen LogP contribution in [0, 0.1) is 5.92 Å².